The van der Waals surface area contributed by atoms with E-state index < -0.39 is 0 Å². The number of aliphatic hydroxyl groups is 2. The summed E-state index contributed by atoms with van der Waals surface area (Å²) in [5.74, 6) is 1.69. The molecule has 0 amide bonds. The van der Waals surface area contributed by atoms with E-state index in [1.165, 1.54) is 22.3 Å². The van der Waals surface area contributed by atoms with Crippen LogP contribution in [0.25, 0.3) is 0 Å². The number of rotatable bonds is 10. The Bertz CT molecular complexity index is 886. The van der Waals surface area contributed by atoms with E-state index in [0.717, 1.165) is 56.2 Å². The number of ether oxygens (including phenoxy) is 2. The van der Waals surface area contributed by atoms with E-state index in [9.17, 15) is 10.2 Å². The van der Waals surface area contributed by atoms with Crippen molar-refractivity contribution in [3.63, 3.8) is 0 Å². The fraction of sp³-hybridized carbons (Fsp3) is 0.538. The van der Waals surface area contributed by atoms with Gasteiger partial charge in [0.05, 0.1) is 20.3 Å². The molecule has 0 radical (unpaired) electrons. The lowest BCUT2D eigenvalue weighted by Crippen LogP contribution is -2.52. The summed E-state index contributed by atoms with van der Waals surface area (Å²) < 4.78 is 11.1. The van der Waals surface area contributed by atoms with Crippen LogP contribution in [-0.4, -0.2) is 66.0 Å². The van der Waals surface area contributed by atoms with Crippen LogP contribution < -0.4 is 9.47 Å². The van der Waals surface area contributed by atoms with Crippen LogP contribution in [0.15, 0.2) is 30.3 Å². The second-order valence-corrected chi connectivity index (χ2v) is 8.58. The van der Waals surface area contributed by atoms with Gasteiger partial charge in [-0.25, -0.2) is 0 Å². The molecule has 2 aromatic carbocycles. The SMILES string of the molecule is CCOc1ccc(CN2CCN(Cc3ccc(OC)c(C)c3C)[C@@H](CCO)C2)cc1CO. The van der Waals surface area contributed by atoms with E-state index in [2.05, 4.69) is 41.8 Å². The molecule has 1 atom stereocenters. The summed E-state index contributed by atoms with van der Waals surface area (Å²) in [6.45, 7) is 11.5. The topological polar surface area (TPSA) is 65.4 Å². The number of hydrogen-bond acceptors (Lipinski definition) is 6. The molecule has 0 unspecified atom stereocenters. The van der Waals surface area contributed by atoms with E-state index >= 15 is 0 Å². The van der Waals surface area contributed by atoms with Crippen LogP contribution in [0, 0.1) is 13.8 Å². The van der Waals surface area contributed by atoms with Crippen molar-refractivity contribution in [2.24, 2.45) is 0 Å². The summed E-state index contributed by atoms with van der Waals surface area (Å²) in [4.78, 5) is 4.94. The minimum atomic E-state index is -0.0231. The average Bonchev–Trinajstić information content (AvgIpc) is 2.80. The van der Waals surface area contributed by atoms with E-state index in [0.29, 0.717) is 12.6 Å². The van der Waals surface area contributed by atoms with Crippen molar-refractivity contribution in [2.75, 3.05) is 40.0 Å². The van der Waals surface area contributed by atoms with Crippen molar-refractivity contribution in [1.29, 1.82) is 0 Å². The van der Waals surface area contributed by atoms with Crippen molar-refractivity contribution >= 4 is 0 Å². The molecule has 1 fully saturated rings. The quantitative estimate of drug-likeness (QED) is 0.589. The minimum Gasteiger partial charge on any atom is -0.496 e. The maximum absolute atomic E-state index is 9.70. The van der Waals surface area contributed by atoms with E-state index in [4.69, 9.17) is 9.47 Å². The number of methoxy groups -OCH3 is 1. The van der Waals surface area contributed by atoms with Crippen molar-refractivity contribution < 1.29 is 19.7 Å². The summed E-state index contributed by atoms with van der Waals surface area (Å²) in [5, 5.41) is 19.4. The molecule has 1 aliphatic heterocycles. The molecule has 0 spiro atoms. The average molecular weight is 443 g/mol. The molecule has 1 heterocycles. The number of nitrogens with zero attached hydrogens (tertiary/aromatic N) is 2. The molecular weight excluding hydrogens is 404 g/mol. The monoisotopic (exact) mass is 442 g/mol. The highest BCUT2D eigenvalue weighted by Crippen LogP contribution is 2.27. The highest BCUT2D eigenvalue weighted by atomic mass is 16.5. The van der Waals surface area contributed by atoms with Gasteiger partial charge >= 0.3 is 0 Å². The molecule has 6 heteroatoms. The zero-order chi connectivity index (χ0) is 23.1. The van der Waals surface area contributed by atoms with Gasteiger partial charge in [-0.15, -0.1) is 0 Å². The second kappa shape index (κ2) is 11.7. The Morgan fingerprint density at radius 2 is 1.75 bits per heavy atom. The summed E-state index contributed by atoms with van der Waals surface area (Å²) >= 11 is 0. The predicted octanol–water partition coefficient (Wildman–Crippen LogP) is 3.27. The van der Waals surface area contributed by atoms with Crippen molar-refractivity contribution in [3.8, 4) is 11.5 Å². The first-order valence-electron chi connectivity index (χ1n) is 11.6. The summed E-state index contributed by atoms with van der Waals surface area (Å²) in [5.41, 5.74) is 5.80. The number of hydrogen-bond donors (Lipinski definition) is 2. The zero-order valence-electron chi connectivity index (χ0n) is 19.9. The first kappa shape index (κ1) is 24.5. The third-order valence-corrected chi connectivity index (χ3v) is 6.60. The fourth-order valence-electron chi connectivity index (χ4n) is 4.60. The van der Waals surface area contributed by atoms with Gasteiger partial charge in [0.25, 0.3) is 0 Å². The molecule has 0 aliphatic carbocycles. The highest BCUT2D eigenvalue weighted by molar-refractivity contribution is 5.43. The van der Waals surface area contributed by atoms with Gasteiger partial charge in [0.15, 0.2) is 0 Å². The second-order valence-electron chi connectivity index (χ2n) is 8.58. The van der Waals surface area contributed by atoms with Gasteiger partial charge in [-0.05, 0) is 67.6 Å². The molecule has 6 nitrogen and oxygen atoms in total. The van der Waals surface area contributed by atoms with Crippen molar-refractivity contribution in [1.82, 2.24) is 9.80 Å². The number of piperazine rings is 1. The normalized spacial score (nSPS) is 17.5. The first-order valence-corrected chi connectivity index (χ1v) is 11.6. The molecule has 1 aliphatic rings. The van der Waals surface area contributed by atoms with Gasteiger partial charge in [0.1, 0.15) is 11.5 Å². The lowest BCUT2D eigenvalue weighted by molar-refractivity contribution is 0.0498. The molecule has 176 valence electrons. The number of aliphatic hydroxyl groups excluding tert-OH is 2. The van der Waals surface area contributed by atoms with Gasteiger partial charge < -0.3 is 19.7 Å². The smallest absolute Gasteiger partial charge is 0.124 e. The molecule has 0 saturated carbocycles. The number of benzene rings is 2. The Balaban J connectivity index is 1.68. The van der Waals surface area contributed by atoms with Gasteiger partial charge in [0, 0.05) is 50.9 Å². The van der Waals surface area contributed by atoms with Crippen LogP contribution in [0.1, 0.15) is 41.2 Å². The third-order valence-electron chi connectivity index (χ3n) is 6.60. The standard InChI is InChI=1S/C26H38N2O4/c1-5-32-26-8-6-21(14-23(26)18-30)15-27-11-12-28(24(17-27)10-13-29)16-22-7-9-25(31-4)20(3)19(22)2/h6-9,14,24,29-30H,5,10-13,15-18H2,1-4H3/t24-/m0/s1. The molecule has 3 rings (SSSR count). The highest BCUT2D eigenvalue weighted by Gasteiger charge is 2.27. The summed E-state index contributed by atoms with van der Waals surface area (Å²) in [6, 6.07) is 10.6. The van der Waals surface area contributed by atoms with Crippen molar-refractivity contribution in [2.45, 2.75) is 52.9 Å². The van der Waals surface area contributed by atoms with Crippen LogP contribution in [0.3, 0.4) is 0 Å². The van der Waals surface area contributed by atoms with Crippen LogP contribution in [-0.2, 0) is 19.7 Å². The van der Waals surface area contributed by atoms with E-state index in [1.54, 1.807) is 7.11 Å². The molecule has 2 N–H and O–H groups in total. The molecule has 1 saturated heterocycles. The molecule has 0 bridgehead atoms. The van der Waals surface area contributed by atoms with Gasteiger partial charge in [-0.3, -0.25) is 9.80 Å². The molecule has 2 aromatic rings. The lowest BCUT2D eigenvalue weighted by atomic mass is 10.00. The molecular formula is C26H38N2O4. The zero-order valence-corrected chi connectivity index (χ0v) is 19.9. The van der Waals surface area contributed by atoms with Crippen LogP contribution in [0.4, 0.5) is 0 Å². The van der Waals surface area contributed by atoms with Crippen molar-refractivity contribution in [3.05, 3.63) is 58.1 Å². The van der Waals surface area contributed by atoms with Crippen LogP contribution in [0.5, 0.6) is 11.5 Å². The minimum absolute atomic E-state index is 0.0231. The Morgan fingerprint density at radius 3 is 2.44 bits per heavy atom. The van der Waals surface area contributed by atoms with E-state index in [1.807, 2.05) is 19.1 Å². The van der Waals surface area contributed by atoms with Gasteiger partial charge in [-0.2, -0.15) is 0 Å². The first-order chi connectivity index (χ1) is 15.5. The summed E-state index contributed by atoms with van der Waals surface area (Å²) in [7, 11) is 1.71. The lowest BCUT2D eigenvalue weighted by Gasteiger charge is -2.42. The maximum atomic E-state index is 9.70. The predicted molar refractivity (Wildman–Crippen MR) is 127 cm³/mol. The third kappa shape index (κ3) is 5.81. The van der Waals surface area contributed by atoms with Crippen LogP contribution >= 0.6 is 0 Å². The largest absolute Gasteiger partial charge is 0.496 e. The van der Waals surface area contributed by atoms with Gasteiger partial charge in [0.2, 0.25) is 0 Å². The molecule has 32 heavy (non-hydrogen) atoms. The van der Waals surface area contributed by atoms with E-state index in [-0.39, 0.29) is 13.2 Å². The maximum Gasteiger partial charge on any atom is 0.124 e. The summed E-state index contributed by atoms with van der Waals surface area (Å²) in [6.07, 6.45) is 0.760. The Kier molecular flexibility index (Phi) is 8.93. The Morgan fingerprint density at radius 1 is 0.969 bits per heavy atom. The Labute approximate surface area is 192 Å². The fourth-order valence-corrected chi connectivity index (χ4v) is 4.60. The van der Waals surface area contributed by atoms with Gasteiger partial charge in [-0.1, -0.05) is 12.1 Å². The van der Waals surface area contributed by atoms with Crippen LogP contribution in [0.2, 0.25) is 0 Å². The molecule has 0 aromatic heterocycles. The Hall–Kier alpha value is -2.12.